The zero-order valence-corrected chi connectivity index (χ0v) is 14.8. The maximum Gasteiger partial charge on any atom is 0.312 e. The van der Waals surface area contributed by atoms with Gasteiger partial charge in [0, 0.05) is 11.4 Å². The number of aromatic nitrogens is 1. The minimum absolute atomic E-state index is 0.0694. The second kappa shape index (κ2) is 8.15. The summed E-state index contributed by atoms with van der Waals surface area (Å²) in [5.41, 5.74) is 0.362. The summed E-state index contributed by atoms with van der Waals surface area (Å²) in [4.78, 5) is 28.9. The van der Waals surface area contributed by atoms with Gasteiger partial charge in [0.25, 0.3) is 5.91 Å². The molecule has 1 amide bonds. The van der Waals surface area contributed by atoms with Crippen LogP contribution in [0.15, 0.2) is 41.1 Å². The Morgan fingerprint density at radius 2 is 2.04 bits per heavy atom. The third-order valence-corrected chi connectivity index (χ3v) is 5.11. The van der Waals surface area contributed by atoms with E-state index >= 15 is 0 Å². The summed E-state index contributed by atoms with van der Waals surface area (Å²) in [5, 5.41) is 6.71. The normalized spacial score (nSPS) is 10.5. The SMILES string of the molecule is O=C(COC(=O)Cc1csc(-c2cccs2)n1)Nc1ccc(F)cc1F. The third-order valence-electron chi connectivity index (χ3n) is 3.18. The van der Waals surface area contributed by atoms with Gasteiger partial charge in [0.2, 0.25) is 0 Å². The molecule has 0 spiro atoms. The van der Waals surface area contributed by atoms with Crippen LogP contribution >= 0.6 is 22.7 Å². The van der Waals surface area contributed by atoms with E-state index in [2.05, 4.69) is 10.3 Å². The molecule has 3 aromatic rings. The van der Waals surface area contributed by atoms with E-state index in [9.17, 15) is 18.4 Å². The van der Waals surface area contributed by atoms with Crippen LogP contribution in [0.25, 0.3) is 9.88 Å². The average molecular weight is 394 g/mol. The Morgan fingerprint density at radius 1 is 1.19 bits per heavy atom. The summed E-state index contributed by atoms with van der Waals surface area (Å²) in [6.07, 6.45) is -0.0694. The number of carbonyl (C=O) groups is 2. The van der Waals surface area contributed by atoms with Gasteiger partial charge < -0.3 is 10.1 Å². The van der Waals surface area contributed by atoms with Crippen LogP contribution in [0.5, 0.6) is 0 Å². The van der Waals surface area contributed by atoms with E-state index < -0.39 is 30.1 Å². The summed E-state index contributed by atoms with van der Waals surface area (Å²) in [6, 6.07) is 6.60. The number of rotatable bonds is 6. The van der Waals surface area contributed by atoms with Crippen molar-refractivity contribution < 1.29 is 23.1 Å². The van der Waals surface area contributed by atoms with Crippen molar-refractivity contribution in [3.63, 3.8) is 0 Å². The first-order chi connectivity index (χ1) is 12.5. The number of nitrogens with zero attached hydrogens (tertiary/aromatic N) is 1. The number of nitrogens with one attached hydrogen (secondary N) is 1. The number of anilines is 1. The molecule has 2 heterocycles. The van der Waals surface area contributed by atoms with E-state index in [0.717, 1.165) is 22.0 Å². The zero-order chi connectivity index (χ0) is 18.5. The minimum atomic E-state index is -0.909. The highest BCUT2D eigenvalue weighted by atomic mass is 32.1. The van der Waals surface area contributed by atoms with Gasteiger partial charge in [-0.3, -0.25) is 9.59 Å². The van der Waals surface area contributed by atoms with Crippen LogP contribution in [0.4, 0.5) is 14.5 Å². The van der Waals surface area contributed by atoms with Crippen LogP contribution in [0.3, 0.4) is 0 Å². The highest BCUT2D eigenvalue weighted by Crippen LogP contribution is 2.27. The van der Waals surface area contributed by atoms with Crippen molar-refractivity contribution in [3.8, 4) is 9.88 Å². The molecule has 2 aromatic heterocycles. The molecular weight excluding hydrogens is 382 g/mol. The molecule has 0 atom stereocenters. The summed E-state index contributed by atoms with van der Waals surface area (Å²) < 4.78 is 31.1. The van der Waals surface area contributed by atoms with Crippen molar-refractivity contribution in [1.29, 1.82) is 0 Å². The van der Waals surface area contributed by atoms with Gasteiger partial charge in [-0.25, -0.2) is 13.8 Å². The van der Waals surface area contributed by atoms with Crippen molar-refractivity contribution >= 4 is 40.2 Å². The summed E-state index contributed by atoms with van der Waals surface area (Å²) in [6.45, 7) is -0.572. The predicted octanol–water partition coefficient (Wildman–Crippen LogP) is 3.87. The average Bonchev–Trinajstić information content (AvgIpc) is 3.27. The van der Waals surface area contributed by atoms with Crippen molar-refractivity contribution in [2.45, 2.75) is 6.42 Å². The van der Waals surface area contributed by atoms with Crippen molar-refractivity contribution in [3.05, 3.63) is 58.4 Å². The fourth-order valence-corrected chi connectivity index (χ4v) is 3.66. The summed E-state index contributed by atoms with van der Waals surface area (Å²) >= 11 is 2.97. The molecule has 0 aliphatic carbocycles. The van der Waals surface area contributed by atoms with Gasteiger partial charge in [-0.15, -0.1) is 22.7 Å². The number of amides is 1. The smallest absolute Gasteiger partial charge is 0.312 e. The van der Waals surface area contributed by atoms with Crippen molar-refractivity contribution in [2.75, 3.05) is 11.9 Å². The quantitative estimate of drug-likeness (QED) is 0.645. The highest BCUT2D eigenvalue weighted by molar-refractivity contribution is 7.20. The largest absolute Gasteiger partial charge is 0.455 e. The molecule has 134 valence electrons. The van der Waals surface area contributed by atoms with Gasteiger partial charge in [-0.2, -0.15) is 0 Å². The first kappa shape index (κ1) is 18.2. The Hall–Kier alpha value is -2.65. The van der Waals surface area contributed by atoms with Gasteiger partial charge in [0.05, 0.1) is 22.7 Å². The van der Waals surface area contributed by atoms with E-state index in [1.165, 1.54) is 11.3 Å². The summed E-state index contributed by atoms with van der Waals surface area (Å²) in [7, 11) is 0. The van der Waals surface area contributed by atoms with E-state index in [0.29, 0.717) is 11.8 Å². The lowest BCUT2D eigenvalue weighted by molar-refractivity contribution is -0.146. The first-order valence-electron chi connectivity index (χ1n) is 7.40. The number of hydrogen-bond donors (Lipinski definition) is 1. The van der Waals surface area contributed by atoms with Crippen LogP contribution < -0.4 is 5.32 Å². The number of thiophene rings is 1. The number of carbonyl (C=O) groups excluding carboxylic acids is 2. The molecule has 0 aliphatic heterocycles. The maximum atomic E-state index is 13.4. The standard InChI is InChI=1S/C17H12F2N2O3S2/c18-10-3-4-13(12(19)6-10)21-15(22)8-24-16(23)7-11-9-26-17(20-11)14-2-1-5-25-14/h1-6,9H,7-8H2,(H,21,22). The van der Waals surface area contributed by atoms with E-state index in [-0.39, 0.29) is 12.1 Å². The van der Waals surface area contributed by atoms with Crippen LogP contribution in [0, 0.1) is 11.6 Å². The molecule has 1 aromatic carbocycles. The second-order valence-corrected chi connectivity index (χ2v) is 6.94. The Morgan fingerprint density at radius 3 is 2.77 bits per heavy atom. The zero-order valence-electron chi connectivity index (χ0n) is 13.2. The Balaban J connectivity index is 1.48. The Labute approximate surface area is 155 Å². The van der Waals surface area contributed by atoms with Gasteiger partial charge in [0.15, 0.2) is 6.61 Å². The first-order valence-corrected chi connectivity index (χ1v) is 9.16. The second-order valence-electron chi connectivity index (χ2n) is 5.13. The molecule has 0 saturated carbocycles. The topological polar surface area (TPSA) is 68.3 Å². The van der Waals surface area contributed by atoms with Gasteiger partial charge in [-0.1, -0.05) is 6.07 Å². The molecule has 0 bridgehead atoms. The number of esters is 1. The van der Waals surface area contributed by atoms with Gasteiger partial charge in [-0.05, 0) is 23.6 Å². The molecule has 0 aliphatic rings. The molecule has 0 radical (unpaired) electrons. The molecule has 26 heavy (non-hydrogen) atoms. The number of benzene rings is 1. The van der Waals surface area contributed by atoms with Crippen LogP contribution in [0.1, 0.15) is 5.69 Å². The molecule has 5 nitrogen and oxygen atoms in total. The molecule has 0 fully saturated rings. The molecule has 0 unspecified atom stereocenters. The van der Waals surface area contributed by atoms with E-state index in [1.807, 2.05) is 17.5 Å². The highest BCUT2D eigenvalue weighted by Gasteiger charge is 2.13. The molecule has 9 heteroatoms. The third kappa shape index (κ3) is 4.70. The lowest BCUT2D eigenvalue weighted by Crippen LogP contribution is -2.22. The Bertz CT molecular complexity index is 926. The number of halogens is 2. The number of ether oxygens (including phenoxy) is 1. The fourth-order valence-electron chi connectivity index (χ4n) is 2.02. The lowest BCUT2D eigenvalue weighted by atomic mass is 10.3. The van der Waals surface area contributed by atoms with Crippen LogP contribution in [0.2, 0.25) is 0 Å². The van der Waals surface area contributed by atoms with Gasteiger partial charge >= 0.3 is 5.97 Å². The fraction of sp³-hybridized carbons (Fsp3) is 0.118. The number of hydrogen-bond acceptors (Lipinski definition) is 6. The van der Waals surface area contributed by atoms with Crippen molar-refractivity contribution in [1.82, 2.24) is 4.98 Å². The predicted molar refractivity (Wildman–Crippen MR) is 95.1 cm³/mol. The van der Waals surface area contributed by atoms with Crippen LogP contribution in [-0.4, -0.2) is 23.5 Å². The van der Waals surface area contributed by atoms with E-state index in [1.54, 1.807) is 16.7 Å². The van der Waals surface area contributed by atoms with Crippen LogP contribution in [-0.2, 0) is 20.7 Å². The monoisotopic (exact) mass is 394 g/mol. The minimum Gasteiger partial charge on any atom is -0.455 e. The van der Waals surface area contributed by atoms with Crippen molar-refractivity contribution in [2.24, 2.45) is 0 Å². The molecule has 3 rings (SSSR count). The molecule has 1 N–H and O–H groups in total. The Kier molecular flexibility index (Phi) is 5.69. The lowest BCUT2D eigenvalue weighted by Gasteiger charge is -2.07. The summed E-state index contributed by atoms with van der Waals surface area (Å²) in [5.74, 6) is -3.01. The van der Waals surface area contributed by atoms with Gasteiger partial charge in [0.1, 0.15) is 16.6 Å². The molecular formula is C17H12F2N2O3S2. The maximum absolute atomic E-state index is 13.4. The molecule has 0 saturated heterocycles. The van der Waals surface area contributed by atoms with E-state index in [4.69, 9.17) is 4.74 Å². The number of thiazole rings is 1.